The Bertz CT molecular complexity index is 657. The van der Waals surface area contributed by atoms with Gasteiger partial charge in [-0.3, -0.25) is 4.79 Å². The molecule has 4 nitrogen and oxygen atoms in total. The minimum atomic E-state index is 0.150. The van der Waals surface area contributed by atoms with Crippen molar-refractivity contribution in [1.82, 2.24) is 4.57 Å². The molecule has 1 aromatic carbocycles. The molecule has 1 amide bonds. The van der Waals surface area contributed by atoms with E-state index in [9.17, 15) is 9.59 Å². The van der Waals surface area contributed by atoms with Crippen LogP contribution in [0.4, 0.5) is 5.69 Å². The van der Waals surface area contributed by atoms with E-state index in [1.807, 2.05) is 31.4 Å². The summed E-state index contributed by atoms with van der Waals surface area (Å²) in [6, 6.07) is 5.93. The Kier molecular flexibility index (Phi) is 2.85. The number of amides is 1. The highest BCUT2D eigenvalue weighted by atomic mass is 16.2. The first-order valence-corrected chi connectivity index (χ1v) is 6.53. The summed E-state index contributed by atoms with van der Waals surface area (Å²) in [6.45, 7) is 0.825. The number of aromatic nitrogens is 1. The van der Waals surface area contributed by atoms with E-state index < -0.39 is 0 Å². The number of nitrogens with zero attached hydrogens (tertiary/aromatic N) is 2. The van der Waals surface area contributed by atoms with Crippen LogP contribution in [-0.2, 0) is 22.6 Å². The van der Waals surface area contributed by atoms with Gasteiger partial charge in [0.25, 0.3) is 0 Å². The second-order valence-electron chi connectivity index (χ2n) is 4.95. The molecule has 0 saturated carbocycles. The molecule has 3 rings (SSSR count). The molecule has 1 aliphatic heterocycles. The molecule has 0 N–H and O–H groups in total. The Labute approximate surface area is 111 Å². The topological polar surface area (TPSA) is 42.3 Å². The van der Waals surface area contributed by atoms with Crippen molar-refractivity contribution in [2.24, 2.45) is 0 Å². The summed E-state index contributed by atoms with van der Waals surface area (Å²) in [6.07, 6.45) is 4.80. The summed E-state index contributed by atoms with van der Waals surface area (Å²) in [7, 11) is 1.82. The zero-order valence-electron chi connectivity index (χ0n) is 10.9. The molecular weight excluding hydrogens is 240 g/mol. The molecule has 0 bridgehead atoms. The minimum Gasteiger partial charge on any atom is -0.345 e. The number of anilines is 1. The van der Waals surface area contributed by atoms with Crippen molar-refractivity contribution < 1.29 is 9.59 Å². The number of hydrogen-bond donors (Lipinski definition) is 0. The van der Waals surface area contributed by atoms with E-state index in [0.717, 1.165) is 41.4 Å². The van der Waals surface area contributed by atoms with E-state index in [0.29, 0.717) is 12.8 Å². The van der Waals surface area contributed by atoms with Crippen molar-refractivity contribution in [2.45, 2.75) is 25.8 Å². The maximum Gasteiger partial charge on any atom is 0.226 e. The van der Waals surface area contributed by atoms with Crippen LogP contribution in [0.15, 0.2) is 24.4 Å². The van der Waals surface area contributed by atoms with E-state index in [-0.39, 0.29) is 5.91 Å². The predicted octanol–water partition coefficient (Wildman–Crippen LogP) is 2.14. The summed E-state index contributed by atoms with van der Waals surface area (Å²) >= 11 is 0. The molecule has 4 heteroatoms. The van der Waals surface area contributed by atoms with Crippen molar-refractivity contribution >= 4 is 28.8 Å². The molecule has 0 spiro atoms. The molecule has 0 unspecified atom stereocenters. The first kappa shape index (κ1) is 12.0. The second kappa shape index (κ2) is 4.53. The van der Waals surface area contributed by atoms with Crippen LogP contribution in [-0.4, -0.2) is 23.8 Å². The van der Waals surface area contributed by atoms with Gasteiger partial charge in [0.15, 0.2) is 0 Å². The zero-order valence-corrected chi connectivity index (χ0v) is 10.9. The zero-order chi connectivity index (χ0) is 13.4. The number of para-hydroxylation sites is 1. The van der Waals surface area contributed by atoms with Gasteiger partial charge in [0, 0.05) is 38.0 Å². The number of aldehydes is 1. The SMILES string of the molecule is CN1C(=O)CCCn2cc(CC=O)c3cccc1c32. The molecule has 0 saturated heterocycles. The molecule has 19 heavy (non-hydrogen) atoms. The van der Waals surface area contributed by atoms with E-state index >= 15 is 0 Å². The van der Waals surface area contributed by atoms with Crippen LogP contribution in [0, 0.1) is 0 Å². The summed E-state index contributed by atoms with van der Waals surface area (Å²) in [5, 5.41) is 1.08. The van der Waals surface area contributed by atoms with Crippen LogP contribution in [0.25, 0.3) is 10.9 Å². The number of aryl methyl sites for hydroxylation is 1. The third-order valence-corrected chi connectivity index (χ3v) is 3.79. The molecule has 0 fully saturated rings. The fourth-order valence-electron chi connectivity index (χ4n) is 2.82. The van der Waals surface area contributed by atoms with E-state index in [2.05, 4.69) is 4.57 Å². The molecule has 98 valence electrons. The number of rotatable bonds is 2. The van der Waals surface area contributed by atoms with Gasteiger partial charge in [-0.25, -0.2) is 0 Å². The number of carbonyl (C=O) groups is 2. The van der Waals surface area contributed by atoms with E-state index in [1.165, 1.54) is 0 Å². The van der Waals surface area contributed by atoms with Gasteiger partial charge in [-0.1, -0.05) is 12.1 Å². The van der Waals surface area contributed by atoms with Gasteiger partial charge in [0.05, 0.1) is 11.2 Å². The molecular formula is C15H16N2O2. The maximum absolute atomic E-state index is 12.0. The Balaban J connectivity index is 2.29. The lowest BCUT2D eigenvalue weighted by atomic mass is 10.1. The fourth-order valence-corrected chi connectivity index (χ4v) is 2.82. The minimum absolute atomic E-state index is 0.150. The predicted molar refractivity (Wildman–Crippen MR) is 74.4 cm³/mol. The van der Waals surface area contributed by atoms with Crippen molar-refractivity contribution in [3.8, 4) is 0 Å². The van der Waals surface area contributed by atoms with Gasteiger partial charge in [0.2, 0.25) is 5.91 Å². The van der Waals surface area contributed by atoms with Crippen molar-refractivity contribution in [2.75, 3.05) is 11.9 Å². The maximum atomic E-state index is 12.0. The van der Waals surface area contributed by atoms with Gasteiger partial charge in [0.1, 0.15) is 6.29 Å². The average molecular weight is 256 g/mol. The first-order chi connectivity index (χ1) is 9.22. The number of carbonyl (C=O) groups excluding carboxylic acids is 2. The second-order valence-corrected chi connectivity index (χ2v) is 4.95. The summed E-state index contributed by atoms with van der Waals surface area (Å²) in [5.41, 5.74) is 3.03. The molecule has 1 aliphatic rings. The third-order valence-electron chi connectivity index (χ3n) is 3.79. The van der Waals surface area contributed by atoms with Crippen LogP contribution in [0.5, 0.6) is 0 Å². The van der Waals surface area contributed by atoms with Crippen LogP contribution in [0.1, 0.15) is 18.4 Å². The summed E-state index contributed by atoms with van der Waals surface area (Å²) < 4.78 is 2.17. The van der Waals surface area contributed by atoms with Gasteiger partial charge >= 0.3 is 0 Å². The highest BCUT2D eigenvalue weighted by Crippen LogP contribution is 2.32. The lowest BCUT2D eigenvalue weighted by molar-refractivity contribution is -0.118. The molecule has 0 aliphatic carbocycles. The van der Waals surface area contributed by atoms with E-state index in [4.69, 9.17) is 0 Å². The molecule has 0 atom stereocenters. The average Bonchev–Trinajstić information content (AvgIpc) is 2.76. The lowest BCUT2D eigenvalue weighted by Gasteiger charge is -2.22. The van der Waals surface area contributed by atoms with Crippen LogP contribution < -0.4 is 4.90 Å². The van der Waals surface area contributed by atoms with Gasteiger partial charge < -0.3 is 14.3 Å². The van der Waals surface area contributed by atoms with Crippen molar-refractivity contribution in [3.63, 3.8) is 0 Å². The highest BCUT2D eigenvalue weighted by molar-refractivity contribution is 6.03. The van der Waals surface area contributed by atoms with Gasteiger partial charge in [-0.2, -0.15) is 0 Å². The van der Waals surface area contributed by atoms with Gasteiger partial charge in [-0.05, 0) is 18.1 Å². The molecule has 2 aromatic rings. The fraction of sp³-hybridized carbons (Fsp3) is 0.333. The molecule has 1 aromatic heterocycles. The third kappa shape index (κ3) is 1.84. The molecule has 2 heterocycles. The number of hydrogen-bond acceptors (Lipinski definition) is 2. The lowest BCUT2D eigenvalue weighted by Crippen LogP contribution is -2.28. The Morgan fingerprint density at radius 1 is 1.37 bits per heavy atom. The molecule has 0 radical (unpaired) electrons. The van der Waals surface area contributed by atoms with Gasteiger partial charge in [-0.15, -0.1) is 0 Å². The Morgan fingerprint density at radius 3 is 3.00 bits per heavy atom. The first-order valence-electron chi connectivity index (χ1n) is 6.53. The quantitative estimate of drug-likeness (QED) is 0.772. The van der Waals surface area contributed by atoms with E-state index in [1.54, 1.807) is 4.90 Å². The normalized spacial score (nSPS) is 15.4. The van der Waals surface area contributed by atoms with Crippen LogP contribution >= 0.6 is 0 Å². The van der Waals surface area contributed by atoms with Crippen LogP contribution in [0.2, 0.25) is 0 Å². The van der Waals surface area contributed by atoms with Crippen LogP contribution in [0.3, 0.4) is 0 Å². The Hall–Kier alpha value is -2.10. The summed E-state index contributed by atoms with van der Waals surface area (Å²) in [4.78, 5) is 24.5. The smallest absolute Gasteiger partial charge is 0.226 e. The largest absolute Gasteiger partial charge is 0.345 e. The summed E-state index contributed by atoms with van der Waals surface area (Å²) in [5.74, 6) is 0.150. The van der Waals surface area contributed by atoms with Crippen molar-refractivity contribution in [3.05, 3.63) is 30.0 Å². The Morgan fingerprint density at radius 2 is 2.21 bits per heavy atom. The van der Waals surface area contributed by atoms with Crippen molar-refractivity contribution in [1.29, 1.82) is 0 Å². The standard InChI is InChI=1S/C15H16N2O2/c1-16-13-5-2-4-12-11(7-9-18)10-17(15(12)13)8-3-6-14(16)19/h2,4-5,9-10H,3,6-8H2,1H3. The number of benzene rings is 1. The highest BCUT2D eigenvalue weighted by Gasteiger charge is 2.20. The monoisotopic (exact) mass is 256 g/mol.